The van der Waals surface area contributed by atoms with Crippen LogP contribution >= 0.6 is 0 Å². The first-order chi connectivity index (χ1) is 10.1. The van der Waals surface area contributed by atoms with Gasteiger partial charge in [-0.25, -0.2) is 4.79 Å². The van der Waals surface area contributed by atoms with E-state index in [-0.39, 0.29) is 11.5 Å². The van der Waals surface area contributed by atoms with E-state index in [2.05, 4.69) is 15.4 Å². The number of nitriles is 1. The molecule has 0 atom stereocenters. The third kappa shape index (κ3) is 4.99. The Morgan fingerprint density at radius 3 is 2.81 bits per heavy atom. The molecule has 1 aromatic rings. The monoisotopic (exact) mass is 287 g/mol. The molecule has 0 saturated carbocycles. The number of hydrogen-bond donors (Lipinski definition) is 2. The molecule has 0 fully saturated rings. The largest absolute Gasteiger partial charge is 0.465 e. The highest BCUT2D eigenvalue weighted by Crippen LogP contribution is 2.11. The summed E-state index contributed by atoms with van der Waals surface area (Å²) in [7, 11) is 1.20. The second kappa shape index (κ2) is 8.38. The van der Waals surface area contributed by atoms with Crippen molar-refractivity contribution in [1.82, 2.24) is 5.32 Å². The molecule has 0 radical (unpaired) electrons. The van der Waals surface area contributed by atoms with Gasteiger partial charge < -0.3 is 15.4 Å². The first kappa shape index (κ1) is 16.2. The van der Waals surface area contributed by atoms with Crippen molar-refractivity contribution in [1.29, 1.82) is 5.26 Å². The summed E-state index contributed by atoms with van der Waals surface area (Å²) in [5.74, 6) is -0.889. The number of carbonyl (C=O) groups is 2. The molecular formula is C15H17N3O3. The van der Waals surface area contributed by atoms with Crippen molar-refractivity contribution in [3.8, 4) is 6.07 Å². The van der Waals surface area contributed by atoms with Gasteiger partial charge in [-0.1, -0.05) is 13.0 Å². The number of amides is 1. The van der Waals surface area contributed by atoms with Gasteiger partial charge in [0.25, 0.3) is 5.91 Å². The van der Waals surface area contributed by atoms with E-state index >= 15 is 0 Å². The second-order valence-electron chi connectivity index (χ2n) is 4.14. The quantitative estimate of drug-likeness (QED) is 0.473. The molecule has 0 heterocycles. The summed E-state index contributed by atoms with van der Waals surface area (Å²) in [4.78, 5) is 23.1. The summed E-state index contributed by atoms with van der Waals surface area (Å²) in [5.41, 5.74) is 0.938. The lowest BCUT2D eigenvalue weighted by molar-refractivity contribution is -0.135. The van der Waals surface area contributed by atoms with Gasteiger partial charge in [-0.05, 0) is 24.6 Å². The zero-order valence-electron chi connectivity index (χ0n) is 12.0. The van der Waals surface area contributed by atoms with Gasteiger partial charge in [0.15, 0.2) is 5.57 Å². The lowest BCUT2D eigenvalue weighted by Gasteiger charge is -2.06. The number of anilines is 1. The van der Waals surface area contributed by atoms with Gasteiger partial charge >= 0.3 is 5.97 Å². The molecule has 6 nitrogen and oxygen atoms in total. The maximum atomic E-state index is 11.8. The van der Waals surface area contributed by atoms with Crippen LogP contribution in [0.5, 0.6) is 0 Å². The first-order valence-corrected chi connectivity index (χ1v) is 6.45. The van der Waals surface area contributed by atoms with Crippen molar-refractivity contribution in [2.24, 2.45) is 0 Å². The van der Waals surface area contributed by atoms with Gasteiger partial charge in [0, 0.05) is 24.0 Å². The third-order valence-corrected chi connectivity index (χ3v) is 2.57. The fraction of sp³-hybridized carbons (Fsp3) is 0.267. The highest BCUT2D eigenvalue weighted by atomic mass is 16.5. The second-order valence-corrected chi connectivity index (χ2v) is 4.14. The Morgan fingerprint density at radius 2 is 2.19 bits per heavy atom. The smallest absolute Gasteiger partial charge is 0.350 e. The fourth-order valence-corrected chi connectivity index (χ4v) is 1.49. The van der Waals surface area contributed by atoms with Crippen LogP contribution < -0.4 is 10.6 Å². The summed E-state index contributed by atoms with van der Waals surface area (Å²) in [6.07, 6.45) is 2.10. The zero-order valence-corrected chi connectivity index (χ0v) is 12.0. The van der Waals surface area contributed by atoms with Gasteiger partial charge in [-0.2, -0.15) is 5.26 Å². The number of benzene rings is 1. The van der Waals surface area contributed by atoms with E-state index in [1.807, 2.05) is 6.92 Å². The molecule has 1 amide bonds. The van der Waals surface area contributed by atoms with Crippen LogP contribution in [0.2, 0.25) is 0 Å². The van der Waals surface area contributed by atoms with E-state index in [0.717, 1.165) is 6.42 Å². The summed E-state index contributed by atoms with van der Waals surface area (Å²) in [5, 5.41) is 14.4. The number of hydrogen-bond acceptors (Lipinski definition) is 5. The highest BCUT2D eigenvalue weighted by molar-refractivity contribution is 5.95. The van der Waals surface area contributed by atoms with Crippen LogP contribution in [0.15, 0.2) is 36.0 Å². The molecule has 0 aliphatic heterocycles. The number of ether oxygens (including phenoxy) is 1. The molecule has 0 unspecified atom stereocenters. The minimum Gasteiger partial charge on any atom is -0.465 e. The number of methoxy groups -OCH3 is 1. The maximum absolute atomic E-state index is 11.8. The molecule has 21 heavy (non-hydrogen) atoms. The summed E-state index contributed by atoms with van der Waals surface area (Å²) in [6.45, 7) is 2.58. The molecular weight excluding hydrogens is 270 g/mol. The molecule has 0 bridgehead atoms. The predicted molar refractivity (Wildman–Crippen MR) is 78.4 cm³/mol. The first-order valence-electron chi connectivity index (χ1n) is 6.45. The summed E-state index contributed by atoms with van der Waals surface area (Å²) in [6, 6.07) is 8.48. The van der Waals surface area contributed by atoms with Gasteiger partial charge in [0.05, 0.1) is 7.11 Å². The lowest BCUT2D eigenvalue weighted by atomic mass is 10.2. The Bertz CT molecular complexity index is 588. The third-order valence-electron chi connectivity index (χ3n) is 2.57. The molecule has 1 aromatic carbocycles. The van der Waals surface area contributed by atoms with Gasteiger partial charge in [-0.15, -0.1) is 0 Å². The molecule has 0 aliphatic carbocycles. The van der Waals surface area contributed by atoms with Crippen LogP contribution in [-0.4, -0.2) is 25.5 Å². The minimum atomic E-state index is -0.721. The minimum absolute atomic E-state index is 0.154. The lowest BCUT2D eigenvalue weighted by Crippen LogP contribution is -2.23. The van der Waals surface area contributed by atoms with E-state index in [4.69, 9.17) is 5.26 Å². The molecule has 2 N–H and O–H groups in total. The van der Waals surface area contributed by atoms with Crippen molar-refractivity contribution >= 4 is 17.6 Å². The standard InChI is InChI=1S/C15H17N3O3/c1-3-7-17-14(19)11-5-4-6-13(8-11)18-10-12(9-16)15(20)21-2/h4-6,8,10,18H,3,7H2,1-2H3,(H,17,19)/b12-10-. The molecule has 0 aromatic heterocycles. The van der Waals surface area contributed by atoms with E-state index < -0.39 is 5.97 Å². The van der Waals surface area contributed by atoms with Crippen LogP contribution in [-0.2, 0) is 9.53 Å². The predicted octanol–water partition coefficient (Wildman–Crippen LogP) is 1.82. The topological polar surface area (TPSA) is 91.2 Å². The Kier molecular flexibility index (Phi) is 6.48. The van der Waals surface area contributed by atoms with Gasteiger partial charge in [-0.3, -0.25) is 4.79 Å². The van der Waals surface area contributed by atoms with E-state index in [1.54, 1.807) is 30.3 Å². The van der Waals surface area contributed by atoms with Crippen LogP contribution in [0.4, 0.5) is 5.69 Å². The Balaban J connectivity index is 2.82. The van der Waals surface area contributed by atoms with Crippen LogP contribution in [0, 0.1) is 11.3 Å². The van der Waals surface area contributed by atoms with E-state index in [0.29, 0.717) is 17.8 Å². The van der Waals surface area contributed by atoms with E-state index in [9.17, 15) is 9.59 Å². The van der Waals surface area contributed by atoms with E-state index in [1.165, 1.54) is 13.3 Å². The van der Waals surface area contributed by atoms with Crippen LogP contribution in [0.3, 0.4) is 0 Å². The van der Waals surface area contributed by atoms with Crippen LogP contribution in [0.1, 0.15) is 23.7 Å². The van der Waals surface area contributed by atoms with Crippen molar-refractivity contribution < 1.29 is 14.3 Å². The number of nitrogens with zero attached hydrogens (tertiary/aromatic N) is 1. The number of esters is 1. The Hall–Kier alpha value is -2.81. The van der Waals surface area contributed by atoms with Crippen molar-refractivity contribution in [3.05, 3.63) is 41.6 Å². The molecule has 0 saturated heterocycles. The van der Waals surface area contributed by atoms with Crippen LogP contribution in [0.25, 0.3) is 0 Å². The zero-order chi connectivity index (χ0) is 15.7. The molecule has 1 rings (SSSR count). The number of carbonyl (C=O) groups excluding carboxylic acids is 2. The highest BCUT2D eigenvalue weighted by Gasteiger charge is 2.08. The maximum Gasteiger partial charge on any atom is 0.350 e. The number of rotatable bonds is 6. The summed E-state index contributed by atoms with van der Waals surface area (Å²) < 4.78 is 4.46. The Labute approximate surface area is 123 Å². The average Bonchev–Trinajstić information content (AvgIpc) is 2.53. The normalized spacial score (nSPS) is 10.4. The van der Waals surface area contributed by atoms with Gasteiger partial charge in [0.1, 0.15) is 6.07 Å². The van der Waals surface area contributed by atoms with Crippen molar-refractivity contribution in [2.75, 3.05) is 19.0 Å². The molecule has 0 spiro atoms. The Morgan fingerprint density at radius 1 is 1.43 bits per heavy atom. The SMILES string of the molecule is CCCNC(=O)c1cccc(N/C=C(/C#N)C(=O)OC)c1. The van der Waals surface area contributed by atoms with Crippen molar-refractivity contribution in [2.45, 2.75) is 13.3 Å². The number of nitrogens with one attached hydrogen (secondary N) is 2. The average molecular weight is 287 g/mol. The van der Waals surface area contributed by atoms with Gasteiger partial charge in [0.2, 0.25) is 0 Å². The molecule has 6 heteroatoms. The van der Waals surface area contributed by atoms with Crippen molar-refractivity contribution in [3.63, 3.8) is 0 Å². The summed E-state index contributed by atoms with van der Waals surface area (Å²) >= 11 is 0. The molecule has 110 valence electrons. The fourth-order valence-electron chi connectivity index (χ4n) is 1.49. The molecule has 0 aliphatic rings.